The van der Waals surface area contributed by atoms with Crippen molar-refractivity contribution >= 4 is 27.7 Å². The number of carbonyl (C=O) groups is 2. The van der Waals surface area contributed by atoms with Gasteiger partial charge in [0.2, 0.25) is 11.8 Å². The van der Waals surface area contributed by atoms with Crippen LogP contribution in [0, 0.1) is 0 Å². The SMILES string of the molecule is CCC(C(=O)NC1CCCC1)N(CCc1ccccc1)C(=O)CN(c1ccccc1)S(=O)(=O)N(C)C. The first kappa shape index (κ1) is 27.7. The second-order valence-electron chi connectivity index (χ2n) is 9.37. The fourth-order valence-electron chi connectivity index (χ4n) is 4.57. The molecule has 196 valence electrons. The Morgan fingerprint density at radius 2 is 1.56 bits per heavy atom. The Kier molecular flexibility index (Phi) is 9.89. The van der Waals surface area contributed by atoms with Gasteiger partial charge in [-0.15, -0.1) is 0 Å². The summed E-state index contributed by atoms with van der Waals surface area (Å²) in [5.74, 6) is -0.582. The van der Waals surface area contributed by atoms with Gasteiger partial charge in [0.15, 0.2) is 0 Å². The molecule has 1 aliphatic carbocycles. The molecule has 9 heteroatoms. The minimum atomic E-state index is -3.94. The topological polar surface area (TPSA) is 90.0 Å². The lowest BCUT2D eigenvalue weighted by Gasteiger charge is -2.34. The predicted octanol–water partition coefficient (Wildman–Crippen LogP) is 3.21. The molecule has 0 aromatic heterocycles. The molecule has 0 heterocycles. The number of hydrogen-bond acceptors (Lipinski definition) is 4. The molecule has 1 fully saturated rings. The van der Waals surface area contributed by atoms with E-state index in [0.717, 1.165) is 39.9 Å². The van der Waals surface area contributed by atoms with E-state index in [2.05, 4.69) is 5.32 Å². The average molecular weight is 515 g/mol. The van der Waals surface area contributed by atoms with E-state index in [4.69, 9.17) is 0 Å². The van der Waals surface area contributed by atoms with Crippen molar-refractivity contribution in [2.24, 2.45) is 0 Å². The Morgan fingerprint density at radius 1 is 0.972 bits per heavy atom. The number of carbonyl (C=O) groups excluding carboxylic acids is 2. The minimum Gasteiger partial charge on any atom is -0.352 e. The normalized spacial score (nSPS) is 15.0. The first-order valence-corrected chi connectivity index (χ1v) is 14.0. The standard InChI is InChI=1S/C27H38N4O4S/c1-4-25(27(33)28-23-15-11-12-16-23)30(20-19-22-13-7-5-8-14-22)26(32)21-31(36(34,35)29(2)3)24-17-9-6-10-18-24/h5-10,13-14,17-18,23,25H,4,11-12,15-16,19-21H2,1-3H3,(H,28,33). The van der Waals surface area contributed by atoms with Crippen molar-refractivity contribution < 1.29 is 18.0 Å². The van der Waals surface area contributed by atoms with E-state index >= 15 is 0 Å². The third-order valence-electron chi connectivity index (χ3n) is 6.63. The van der Waals surface area contributed by atoms with E-state index in [0.29, 0.717) is 25.1 Å². The number of nitrogens with one attached hydrogen (secondary N) is 1. The number of nitrogens with zero attached hydrogens (tertiary/aromatic N) is 3. The second kappa shape index (κ2) is 12.9. The van der Waals surface area contributed by atoms with Crippen LogP contribution < -0.4 is 9.62 Å². The van der Waals surface area contributed by atoms with Crippen LogP contribution in [0.3, 0.4) is 0 Å². The van der Waals surface area contributed by atoms with Crippen LogP contribution in [-0.2, 0) is 26.2 Å². The maximum Gasteiger partial charge on any atom is 0.304 e. The van der Waals surface area contributed by atoms with Crippen molar-refractivity contribution in [2.45, 2.75) is 57.5 Å². The number of rotatable bonds is 12. The summed E-state index contributed by atoms with van der Waals surface area (Å²) in [6.07, 6.45) is 5.07. The summed E-state index contributed by atoms with van der Waals surface area (Å²) in [6, 6.07) is 17.8. The van der Waals surface area contributed by atoms with Gasteiger partial charge in [-0.05, 0) is 43.4 Å². The van der Waals surface area contributed by atoms with Crippen LogP contribution in [0.15, 0.2) is 60.7 Å². The van der Waals surface area contributed by atoms with Crippen molar-refractivity contribution in [2.75, 3.05) is 31.5 Å². The van der Waals surface area contributed by atoms with Crippen molar-refractivity contribution in [1.82, 2.24) is 14.5 Å². The maximum absolute atomic E-state index is 13.8. The lowest BCUT2D eigenvalue weighted by Crippen LogP contribution is -2.55. The fraction of sp³-hybridized carbons (Fsp3) is 0.481. The molecule has 0 bridgehead atoms. The van der Waals surface area contributed by atoms with Crippen LogP contribution in [0.5, 0.6) is 0 Å². The largest absolute Gasteiger partial charge is 0.352 e. The predicted molar refractivity (Wildman–Crippen MR) is 143 cm³/mol. The minimum absolute atomic E-state index is 0.132. The van der Waals surface area contributed by atoms with Gasteiger partial charge >= 0.3 is 10.2 Å². The van der Waals surface area contributed by atoms with E-state index in [9.17, 15) is 18.0 Å². The molecule has 3 rings (SSSR count). The zero-order valence-electron chi connectivity index (χ0n) is 21.5. The first-order valence-electron chi connectivity index (χ1n) is 12.6. The summed E-state index contributed by atoms with van der Waals surface area (Å²) in [5.41, 5.74) is 1.44. The van der Waals surface area contributed by atoms with Gasteiger partial charge in [0, 0.05) is 26.7 Å². The van der Waals surface area contributed by atoms with Crippen LogP contribution in [-0.4, -0.2) is 68.7 Å². The molecule has 1 aliphatic rings. The fourth-order valence-corrected chi connectivity index (χ4v) is 5.63. The summed E-state index contributed by atoms with van der Waals surface area (Å²) < 4.78 is 28.5. The number of hydrogen-bond donors (Lipinski definition) is 1. The first-order chi connectivity index (χ1) is 17.2. The molecular formula is C27H38N4O4S. The van der Waals surface area contributed by atoms with Gasteiger partial charge in [0.1, 0.15) is 12.6 Å². The van der Waals surface area contributed by atoms with Crippen molar-refractivity contribution in [3.05, 3.63) is 66.2 Å². The zero-order valence-corrected chi connectivity index (χ0v) is 22.3. The number of anilines is 1. The molecule has 1 unspecified atom stereocenters. The summed E-state index contributed by atoms with van der Waals surface area (Å²) in [7, 11) is -1.07. The molecule has 8 nitrogen and oxygen atoms in total. The molecule has 36 heavy (non-hydrogen) atoms. The van der Waals surface area contributed by atoms with Gasteiger partial charge in [-0.1, -0.05) is 68.3 Å². The summed E-state index contributed by atoms with van der Waals surface area (Å²) >= 11 is 0. The van der Waals surface area contributed by atoms with E-state index in [1.54, 1.807) is 35.2 Å². The molecule has 0 saturated heterocycles. The van der Waals surface area contributed by atoms with Crippen LogP contribution in [0.25, 0.3) is 0 Å². The summed E-state index contributed by atoms with van der Waals surface area (Å²) in [5, 5.41) is 3.12. The highest BCUT2D eigenvalue weighted by molar-refractivity contribution is 7.90. The molecule has 0 aliphatic heterocycles. The van der Waals surface area contributed by atoms with Crippen LogP contribution in [0.4, 0.5) is 5.69 Å². The lowest BCUT2D eigenvalue weighted by molar-refractivity contribution is -0.139. The summed E-state index contributed by atoms with van der Waals surface area (Å²) in [4.78, 5) is 28.6. The van der Waals surface area contributed by atoms with Gasteiger partial charge in [0.05, 0.1) is 5.69 Å². The molecular weight excluding hydrogens is 476 g/mol. The van der Waals surface area contributed by atoms with Crippen molar-refractivity contribution in [1.29, 1.82) is 0 Å². The van der Waals surface area contributed by atoms with Gasteiger partial charge < -0.3 is 10.2 Å². The Bertz CT molecular complexity index is 1090. The van der Waals surface area contributed by atoms with Crippen LogP contribution in [0.1, 0.15) is 44.6 Å². The smallest absolute Gasteiger partial charge is 0.304 e. The van der Waals surface area contributed by atoms with Crippen LogP contribution >= 0.6 is 0 Å². The van der Waals surface area contributed by atoms with E-state index in [1.807, 2.05) is 37.3 Å². The van der Waals surface area contributed by atoms with Crippen molar-refractivity contribution in [3.63, 3.8) is 0 Å². The Hall–Kier alpha value is -2.91. The highest BCUT2D eigenvalue weighted by atomic mass is 32.2. The molecule has 2 amide bonds. The molecule has 2 aromatic rings. The third-order valence-corrected chi connectivity index (χ3v) is 8.45. The third kappa shape index (κ3) is 7.07. The maximum atomic E-state index is 13.8. The van der Waals surface area contributed by atoms with E-state index in [1.165, 1.54) is 14.1 Å². The zero-order chi connectivity index (χ0) is 26.1. The van der Waals surface area contributed by atoms with Crippen molar-refractivity contribution in [3.8, 4) is 0 Å². The van der Waals surface area contributed by atoms with Gasteiger partial charge in [-0.2, -0.15) is 12.7 Å². The van der Waals surface area contributed by atoms with Gasteiger partial charge in [-0.3, -0.25) is 9.59 Å². The van der Waals surface area contributed by atoms with E-state index < -0.39 is 28.7 Å². The van der Waals surface area contributed by atoms with E-state index in [-0.39, 0.29) is 11.9 Å². The number of amides is 2. The molecule has 1 N–H and O–H groups in total. The van der Waals surface area contributed by atoms with Gasteiger partial charge in [-0.25, -0.2) is 4.31 Å². The average Bonchev–Trinajstić information content (AvgIpc) is 3.38. The quantitative estimate of drug-likeness (QED) is 0.471. The monoisotopic (exact) mass is 514 g/mol. The lowest BCUT2D eigenvalue weighted by atomic mass is 10.1. The molecule has 0 spiro atoms. The molecule has 1 atom stereocenters. The molecule has 2 aromatic carbocycles. The Balaban J connectivity index is 1.88. The van der Waals surface area contributed by atoms with Gasteiger partial charge in [0.25, 0.3) is 0 Å². The van der Waals surface area contributed by atoms with Crippen LogP contribution in [0.2, 0.25) is 0 Å². The highest BCUT2D eigenvalue weighted by Gasteiger charge is 2.34. The number of para-hydroxylation sites is 1. The molecule has 0 radical (unpaired) electrons. The Labute approximate surface area is 215 Å². The highest BCUT2D eigenvalue weighted by Crippen LogP contribution is 2.21. The molecule has 1 saturated carbocycles. The summed E-state index contributed by atoms with van der Waals surface area (Å²) in [6.45, 7) is 1.80. The second-order valence-corrected chi connectivity index (χ2v) is 11.4. The Morgan fingerprint density at radius 3 is 2.11 bits per heavy atom. The number of benzene rings is 2.